The quantitative estimate of drug-likeness (QED) is 0.817. The Balaban J connectivity index is 1.97. The van der Waals surface area contributed by atoms with E-state index in [0.29, 0.717) is 0 Å². The normalized spacial score (nSPS) is 24.6. The average molecular weight is 310 g/mol. The molecule has 0 aromatic heterocycles. The first-order valence-corrected chi connectivity index (χ1v) is 8.89. The van der Waals surface area contributed by atoms with Crippen LogP contribution in [0.15, 0.2) is 0 Å². The van der Waals surface area contributed by atoms with Crippen LogP contribution >= 0.6 is 0 Å². The molecule has 2 rings (SSSR count). The van der Waals surface area contributed by atoms with Gasteiger partial charge in [0, 0.05) is 51.7 Å². The molecule has 0 unspecified atom stereocenters. The van der Waals surface area contributed by atoms with Gasteiger partial charge in [0.15, 0.2) is 0 Å². The van der Waals surface area contributed by atoms with Gasteiger partial charge >= 0.3 is 0 Å². The molecule has 0 spiro atoms. The van der Waals surface area contributed by atoms with E-state index in [9.17, 15) is 4.79 Å². The molecule has 2 aliphatic heterocycles. The molecule has 2 heterocycles. The van der Waals surface area contributed by atoms with Gasteiger partial charge in [0.05, 0.1) is 5.54 Å². The predicted molar refractivity (Wildman–Crippen MR) is 91.0 cm³/mol. The summed E-state index contributed by atoms with van der Waals surface area (Å²) in [6.45, 7) is 15.1. The van der Waals surface area contributed by atoms with Crippen LogP contribution in [0.1, 0.15) is 33.6 Å². The van der Waals surface area contributed by atoms with Crippen molar-refractivity contribution in [2.75, 3.05) is 59.4 Å². The molecule has 128 valence electrons. The number of nitrogens with zero attached hydrogens (tertiary/aromatic N) is 3. The Hall–Kier alpha value is -0.650. The zero-order valence-corrected chi connectivity index (χ0v) is 14.9. The number of likely N-dealkylation sites (tertiary alicyclic amines) is 1. The summed E-state index contributed by atoms with van der Waals surface area (Å²) in [5.74, 6) is 0.269. The number of hydrogen-bond donors (Lipinski definition) is 1. The van der Waals surface area contributed by atoms with Crippen LogP contribution in [0.3, 0.4) is 0 Å². The van der Waals surface area contributed by atoms with Crippen molar-refractivity contribution in [3.8, 4) is 0 Å². The van der Waals surface area contributed by atoms with Crippen molar-refractivity contribution in [2.45, 2.75) is 39.2 Å². The number of rotatable bonds is 5. The standard InChI is InChI=1S/C17H34N4O/c1-5-20-10-12-21(13-11-20)14-17(18-16(22)15(2)3)6-8-19(4)9-7-17/h15H,5-14H2,1-4H3,(H,18,22). The van der Waals surface area contributed by atoms with Gasteiger partial charge in [-0.15, -0.1) is 0 Å². The molecule has 5 nitrogen and oxygen atoms in total. The van der Waals surface area contributed by atoms with E-state index in [1.165, 1.54) is 0 Å². The first-order chi connectivity index (χ1) is 10.4. The van der Waals surface area contributed by atoms with E-state index >= 15 is 0 Å². The number of nitrogens with one attached hydrogen (secondary N) is 1. The van der Waals surface area contributed by atoms with Crippen molar-refractivity contribution in [3.05, 3.63) is 0 Å². The molecule has 0 bridgehead atoms. The van der Waals surface area contributed by atoms with Crippen molar-refractivity contribution < 1.29 is 4.79 Å². The fraction of sp³-hybridized carbons (Fsp3) is 0.941. The lowest BCUT2D eigenvalue weighted by atomic mass is 9.86. The fourth-order valence-electron chi connectivity index (χ4n) is 3.47. The van der Waals surface area contributed by atoms with Crippen LogP contribution in [-0.2, 0) is 4.79 Å². The van der Waals surface area contributed by atoms with Crippen molar-refractivity contribution in [1.82, 2.24) is 20.0 Å². The van der Waals surface area contributed by atoms with E-state index in [0.717, 1.165) is 65.2 Å². The second-order valence-corrected chi connectivity index (χ2v) is 7.44. The lowest BCUT2D eigenvalue weighted by Crippen LogP contribution is -2.62. The molecule has 2 aliphatic rings. The van der Waals surface area contributed by atoms with Crippen molar-refractivity contribution in [1.29, 1.82) is 0 Å². The third kappa shape index (κ3) is 4.67. The zero-order valence-electron chi connectivity index (χ0n) is 14.9. The van der Waals surface area contributed by atoms with Gasteiger partial charge in [0.25, 0.3) is 0 Å². The minimum atomic E-state index is -0.0255. The molecule has 0 radical (unpaired) electrons. The fourth-order valence-corrected chi connectivity index (χ4v) is 3.47. The number of likely N-dealkylation sites (N-methyl/N-ethyl adjacent to an activating group) is 1. The third-order valence-electron chi connectivity index (χ3n) is 5.30. The van der Waals surface area contributed by atoms with Gasteiger partial charge in [-0.05, 0) is 26.4 Å². The highest BCUT2D eigenvalue weighted by molar-refractivity contribution is 5.78. The Kier molecular flexibility index (Phi) is 6.24. The highest BCUT2D eigenvalue weighted by atomic mass is 16.2. The number of amides is 1. The Morgan fingerprint density at radius 3 is 2.09 bits per heavy atom. The Labute approximate surface area is 136 Å². The maximum Gasteiger partial charge on any atom is 0.223 e. The highest BCUT2D eigenvalue weighted by Crippen LogP contribution is 2.24. The number of hydrogen-bond acceptors (Lipinski definition) is 4. The Morgan fingerprint density at radius 1 is 1.05 bits per heavy atom. The van der Waals surface area contributed by atoms with Gasteiger partial charge in [0.2, 0.25) is 5.91 Å². The van der Waals surface area contributed by atoms with Crippen LogP contribution in [0.25, 0.3) is 0 Å². The van der Waals surface area contributed by atoms with E-state index in [2.05, 4.69) is 34.0 Å². The topological polar surface area (TPSA) is 38.8 Å². The second-order valence-electron chi connectivity index (χ2n) is 7.44. The molecule has 5 heteroatoms. The summed E-state index contributed by atoms with van der Waals surface area (Å²) in [7, 11) is 2.17. The molecule has 1 amide bonds. The number of carbonyl (C=O) groups excluding carboxylic acids is 1. The minimum Gasteiger partial charge on any atom is -0.349 e. The molecule has 0 aromatic carbocycles. The lowest BCUT2D eigenvalue weighted by Gasteiger charge is -2.46. The molecule has 22 heavy (non-hydrogen) atoms. The Bertz CT molecular complexity index is 356. The largest absolute Gasteiger partial charge is 0.349 e. The van der Waals surface area contributed by atoms with E-state index in [4.69, 9.17) is 0 Å². The molecule has 0 atom stereocenters. The molecule has 1 N–H and O–H groups in total. The highest BCUT2D eigenvalue weighted by Gasteiger charge is 2.37. The van der Waals surface area contributed by atoms with Crippen LogP contribution in [0.5, 0.6) is 0 Å². The first kappa shape index (κ1) is 17.7. The minimum absolute atomic E-state index is 0.0255. The summed E-state index contributed by atoms with van der Waals surface area (Å²) >= 11 is 0. The van der Waals surface area contributed by atoms with E-state index in [-0.39, 0.29) is 17.4 Å². The monoisotopic (exact) mass is 310 g/mol. The number of carbonyl (C=O) groups is 1. The van der Waals surface area contributed by atoms with E-state index in [1.807, 2.05) is 13.8 Å². The second kappa shape index (κ2) is 7.75. The molecule has 0 saturated carbocycles. The smallest absolute Gasteiger partial charge is 0.223 e. The van der Waals surface area contributed by atoms with Crippen LogP contribution < -0.4 is 5.32 Å². The molecular weight excluding hydrogens is 276 g/mol. The maximum atomic E-state index is 12.3. The lowest BCUT2D eigenvalue weighted by molar-refractivity contribution is -0.127. The Morgan fingerprint density at radius 2 is 1.59 bits per heavy atom. The van der Waals surface area contributed by atoms with Gasteiger partial charge in [-0.3, -0.25) is 9.69 Å². The van der Waals surface area contributed by atoms with Crippen molar-refractivity contribution >= 4 is 5.91 Å². The van der Waals surface area contributed by atoms with Crippen LogP contribution in [0, 0.1) is 5.92 Å². The summed E-state index contributed by atoms with van der Waals surface area (Å²) in [4.78, 5) is 19.7. The molecule has 2 saturated heterocycles. The summed E-state index contributed by atoms with van der Waals surface area (Å²) in [6.07, 6.45) is 2.13. The summed E-state index contributed by atoms with van der Waals surface area (Å²) in [5.41, 5.74) is -0.0255. The van der Waals surface area contributed by atoms with Crippen LogP contribution in [-0.4, -0.2) is 85.6 Å². The maximum absolute atomic E-state index is 12.3. The molecule has 0 aliphatic carbocycles. The first-order valence-electron chi connectivity index (χ1n) is 8.89. The summed E-state index contributed by atoms with van der Waals surface area (Å²) in [5, 5.41) is 3.40. The number of piperidine rings is 1. The van der Waals surface area contributed by atoms with Crippen molar-refractivity contribution in [2.24, 2.45) is 5.92 Å². The SMILES string of the molecule is CCN1CCN(CC2(NC(=O)C(C)C)CCN(C)CC2)CC1. The predicted octanol–water partition coefficient (Wildman–Crippen LogP) is 0.861. The van der Waals surface area contributed by atoms with E-state index in [1.54, 1.807) is 0 Å². The van der Waals surface area contributed by atoms with Gasteiger partial charge in [-0.2, -0.15) is 0 Å². The molecule has 2 fully saturated rings. The zero-order chi connectivity index (χ0) is 16.2. The summed E-state index contributed by atoms with van der Waals surface area (Å²) < 4.78 is 0. The van der Waals surface area contributed by atoms with Gasteiger partial charge in [-0.25, -0.2) is 0 Å². The average Bonchev–Trinajstić information content (AvgIpc) is 2.51. The molecular formula is C17H34N4O. The third-order valence-corrected chi connectivity index (χ3v) is 5.30. The number of piperazine rings is 1. The van der Waals surface area contributed by atoms with Crippen LogP contribution in [0.4, 0.5) is 0 Å². The summed E-state index contributed by atoms with van der Waals surface area (Å²) in [6, 6.07) is 0. The van der Waals surface area contributed by atoms with E-state index < -0.39 is 0 Å². The van der Waals surface area contributed by atoms with Gasteiger partial charge in [-0.1, -0.05) is 20.8 Å². The van der Waals surface area contributed by atoms with Gasteiger partial charge in [0.1, 0.15) is 0 Å². The van der Waals surface area contributed by atoms with Crippen LogP contribution in [0.2, 0.25) is 0 Å². The molecule has 0 aromatic rings. The van der Waals surface area contributed by atoms with Gasteiger partial charge < -0.3 is 15.1 Å². The van der Waals surface area contributed by atoms with Crippen molar-refractivity contribution in [3.63, 3.8) is 0 Å².